The van der Waals surface area contributed by atoms with Crippen LogP contribution in [0.5, 0.6) is 0 Å². The van der Waals surface area contributed by atoms with E-state index in [0.717, 1.165) is 10.1 Å². The van der Waals surface area contributed by atoms with Gasteiger partial charge in [0.05, 0.1) is 5.56 Å². The van der Waals surface area contributed by atoms with E-state index in [9.17, 15) is 4.79 Å². The van der Waals surface area contributed by atoms with Gasteiger partial charge >= 0.3 is 0 Å². The minimum absolute atomic E-state index is 0.0390. The lowest BCUT2D eigenvalue weighted by Gasteiger charge is -2.19. The average Bonchev–Trinajstić information content (AvgIpc) is 2.26. The predicted octanol–water partition coefficient (Wildman–Crippen LogP) is 2.58. The molecule has 0 aliphatic heterocycles. The Bertz CT molecular complexity index is 349. The topological polar surface area (TPSA) is 42.0 Å². The standard InChI is InChI=1S/C12H17IN2O/c1-8(2)11(6-13)15-12(16)10-5-4-9(3)14-7-10/h4-5,7-8,11H,6H2,1-3H3,(H,15,16). The smallest absolute Gasteiger partial charge is 0.253 e. The Morgan fingerprint density at radius 2 is 2.19 bits per heavy atom. The summed E-state index contributed by atoms with van der Waals surface area (Å²) < 4.78 is 0.917. The second kappa shape index (κ2) is 6.18. The maximum Gasteiger partial charge on any atom is 0.253 e. The first-order chi connectivity index (χ1) is 7.54. The minimum atomic E-state index is -0.0390. The molecule has 0 aliphatic rings. The zero-order chi connectivity index (χ0) is 12.1. The van der Waals surface area contributed by atoms with Crippen LogP contribution in [0.4, 0.5) is 0 Å². The van der Waals surface area contributed by atoms with Crippen molar-refractivity contribution in [3.63, 3.8) is 0 Å². The summed E-state index contributed by atoms with van der Waals surface area (Å²) in [5.41, 5.74) is 1.55. The Morgan fingerprint density at radius 1 is 1.50 bits per heavy atom. The van der Waals surface area contributed by atoms with Crippen LogP contribution >= 0.6 is 22.6 Å². The van der Waals surface area contributed by atoms with Crippen molar-refractivity contribution < 1.29 is 4.79 Å². The van der Waals surface area contributed by atoms with Crippen molar-refractivity contribution in [1.82, 2.24) is 10.3 Å². The second-order valence-corrected chi connectivity index (χ2v) is 5.05. The first-order valence-corrected chi connectivity index (χ1v) is 6.86. The number of halogens is 1. The number of hydrogen-bond acceptors (Lipinski definition) is 2. The van der Waals surface area contributed by atoms with E-state index < -0.39 is 0 Å². The molecule has 1 N–H and O–H groups in total. The van der Waals surface area contributed by atoms with Crippen molar-refractivity contribution in [2.45, 2.75) is 26.8 Å². The third-order valence-corrected chi connectivity index (χ3v) is 3.41. The van der Waals surface area contributed by atoms with Gasteiger partial charge in [0.25, 0.3) is 5.91 Å². The summed E-state index contributed by atoms with van der Waals surface area (Å²) in [5.74, 6) is 0.405. The van der Waals surface area contributed by atoms with E-state index in [2.05, 4.69) is 46.7 Å². The highest BCUT2D eigenvalue weighted by molar-refractivity contribution is 14.1. The summed E-state index contributed by atoms with van der Waals surface area (Å²) in [6, 6.07) is 3.88. The van der Waals surface area contributed by atoms with Gasteiger partial charge in [-0.3, -0.25) is 9.78 Å². The van der Waals surface area contributed by atoms with Gasteiger partial charge in [-0.05, 0) is 25.0 Å². The van der Waals surface area contributed by atoms with E-state index in [1.54, 1.807) is 6.20 Å². The average molecular weight is 332 g/mol. The maximum atomic E-state index is 11.9. The van der Waals surface area contributed by atoms with Crippen LogP contribution in [0.1, 0.15) is 29.9 Å². The summed E-state index contributed by atoms with van der Waals surface area (Å²) in [5, 5.41) is 3.02. The molecule has 1 aromatic heterocycles. The van der Waals surface area contributed by atoms with Crippen LogP contribution < -0.4 is 5.32 Å². The number of hydrogen-bond donors (Lipinski definition) is 1. The first kappa shape index (κ1) is 13.4. The number of amides is 1. The molecule has 1 rings (SSSR count). The number of alkyl halides is 1. The molecule has 3 nitrogen and oxygen atoms in total. The van der Waals surface area contributed by atoms with Crippen molar-refractivity contribution in [3.8, 4) is 0 Å². The molecular weight excluding hydrogens is 315 g/mol. The van der Waals surface area contributed by atoms with Crippen molar-refractivity contribution in [2.75, 3.05) is 4.43 Å². The quantitative estimate of drug-likeness (QED) is 0.680. The fourth-order valence-electron chi connectivity index (χ4n) is 1.24. The van der Waals surface area contributed by atoms with Gasteiger partial charge in [-0.1, -0.05) is 36.4 Å². The van der Waals surface area contributed by atoms with Gasteiger partial charge in [0, 0.05) is 22.4 Å². The lowest BCUT2D eigenvalue weighted by molar-refractivity contribution is 0.0932. The first-order valence-electron chi connectivity index (χ1n) is 5.34. The van der Waals surface area contributed by atoms with Crippen LogP contribution in [0.25, 0.3) is 0 Å². The van der Waals surface area contributed by atoms with Gasteiger partial charge < -0.3 is 5.32 Å². The Balaban J connectivity index is 2.68. The third-order valence-electron chi connectivity index (χ3n) is 2.46. The summed E-state index contributed by atoms with van der Waals surface area (Å²) in [7, 11) is 0. The fraction of sp³-hybridized carbons (Fsp3) is 0.500. The van der Waals surface area contributed by atoms with E-state index in [-0.39, 0.29) is 11.9 Å². The van der Waals surface area contributed by atoms with Crippen LogP contribution in [-0.2, 0) is 0 Å². The minimum Gasteiger partial charge on any atom is -0.348 e. The van der Waals surface area contributed by atoms with Crippen molar-refractivity contribution in [2.24, 2.45) is 5.92 Å². The van der Waals surface area contributed by atoms with Crippen LogP contribution in [0, 0.1) is 12.8 Å². The molecule has 4 heteroatoms. The monoisotopic (exact) mass is 332 g/mol. The molecule has 1 atom stereocenters. The molecule has 0 radical (unpaired) electrons. The Labute approximate surface area is 110 Å². The molecule has 88 valence electrons. The summed E-state index contributed by atoms with van der Waals surface area (Å²) in [6.45, 7) is 6.12. The highest BCUT2D eigenvalue weighted by Crippen LogP contribution is 2.07. The fourth-order valence-corrected chi connectivity index (χ4v) is 2.47. The van der Waals surface area contributed by atoms with Gasteiger partial charge in [-0.25, -0.2) is 0 Å². The SMILES string of the molecule is Cc1ccc(C(=O)NC(CI)C(C)C)cn1. The number of nitrogens with one attached hydrogen (secondary N) is 1. The third kappa shape index (κ3) is 3.73. The van der Waals surface area contributed by atoms with Gasteiger partial charge in [0.15, 0.2) is 0 Å². The number of carbonyl (C=O) groups is 1. The highest BCUT2D eigenvalue weighted by Gasteiger charge is 2.15. The predicted molar refractivity (Wildman–Crippen MR) is 74.0 cm³/mol. The summed E-state index contributed by atoms with van der Waals surface area (Å²) in [6.07, 6.45) is 1.62. The largest absolute Gasteiger partial charge is 0.348 e. The molecule has 0 spiro atoms. The van der Waals surface area contributed by atoms with E-state index in [1.807, 2.05) is 19.1 Å². The number of carbonyl (C=O) groups excluding carboxylic acids is 1. The Hall–Kier alpha value is -0.650. The van der Waals surface area contributed by atoms with Crippen LogP contribution in [0.3, 0.4) is 0 Å². The van der Waals surface area contributed by atoms with E-state index in [1.165, 1.54) is 0 Å². The van der Waals surface area contributed by atoms with Gasteiger partial charge in [0.2, 0.25) is 0 Å². The zero-order valence-corrected chi connectivity index (χ0v) is 12.0. The molecular formula is C12H17IN2O. The number of aromatic nitrogens is 1. The van der Waals surface area contributed by atoms with Crippen LogP contribution in [0.15, 0.2) is 18.3 Å². The molecule has 1 heterocycles. The van der Waals surface area contributed by atoms with Crippen molar-refractivity contribution in [3.05, 3.63) is 29.6 Å². The number of rotatable bonds is 4. The van der Waals surface area contributed by atoms with Gasteiger partial charge in [0.1, 0.15) is 0 Å². The lowest BCUT2D eigenvalue weighted by Crippen LogP contribution is -2.39. The van der Waals surface area contributed by atoms with E-state index >= 15 is 0 Å². The summed E-state index contributed by atoms with van der Waals surface area (Å²) >= 11 is 2.29. The number of pyridine rings is 1. The Morgan fingerprint density at radius 3 is 2.62 bits per heavy atom. The molecule has 1 unspecified atom stereocenters. The molecule has 0 aromatic carbocycles. The number of nitrogens with zero attached hydrogens (tertiary/aromatic N) is 1. The molecule has 0 saturated heterocycles. The molecule has 16 heavy (non-hydrogen) atoms. The molecule has 0 bridgehead atoms. The van der Waals surface area contributed by atoms with Crippen LogP contribution in [0.2, 0.25) is 0 Å². The highest BCUT2D eigenvalue weighted by atomic mass is 127. The zero-order valence-electron chi connectivity index (χ0n) is 9.83. The normalized spacial score (nSPS) is 12.6. The lowest BCUT2D eigenvalue weighted by atomic mass is 10.1. The molecule has 1 amide bonds. The van der Waals surface area contributed by atoms with E-state index in [0.29, 0.717) is 11.5 Å². The Kier molecular flexibility index (Phi) is 5.18. The second-order valence-electron chi connectivity index (χ2n) is 4.17. The number of aryl methyl sites for hydroxylation is 1. The van der Waals surface area contributed by atoms with E-state index in [4.69, 9.17) is 0 Å². The molecule has 0 fully saturated rings. The van der Waals surface area contributed by atoms with Gasteiger partial charge in [-0.15, -0.1) is 0 Å². The van der Waals surface area contributed by atoms with Crippen molar-refractivity contribution >= 4 is 28.5 Å². The van der Waals surface area contributed by atoms with Gasteiger partial charge in [-0.2, -0.15) is 0 Å². The molecule has 0 saturated carbocycles. The maximum absolute atomic E-state index is 11.9. The van der Waals surface area contributed by atoms with Crippen molar-refractivity contribution in [1.29, 1.82) is 0 Å². The molecule has 0 aliphatic carbocycles. The summed E-state index contributed by atoms with van der Waals surface area (Å²) in [4.78, 5) is 16.0. The van der Waals surface area contributed by atoms with Crippen LogP contribution in [-0.4, -0.2) is 21.4 Å². The molecule has 1 aromatic rings.